The van der Waals surface area contributed by atoms with Gasteiger partial charge in [0.25, 0.3) is 5.56 Å². The van der Waals surface area contributed by atoms with Gasteiger partial charge in [0.05, 0.1) is 11.1 Å². The third-order valence-electron chi connectivity index (χ3n) is 5.46. The van der Waals surface area contributed by atoms with Crippen molar-refractivity contribution in [3.63, 3.8) is 0 Å². The highest BCUT2D eigenvalue weighted by atomic mass is 35.5. The predicted molar refractivity (Wildman–Crippen MR) is 108 cm³/mol. The summed E-state index contributed by atoms with van der Waals surface area (Å²) in [5.74, 6) is -0.266. The van der Waals surface area contributed by atoms with Gasteiger partial charge in [-0.25, -0.2) is 4.98 Å². The first kappa shape index (κ1) is 18.7. The molecule has 0 amide bonds. The van der Waals surface area contributed by atoms with Gasteiger partial charge in [-0.1, -0.05) is 42.6 Å². The molecule has 1 aliphatic rings. The molecule has 0 radical (unpaired) electrons. The predicted octanol–water partition coefficient (Wildman–Crippen LogP) is 4.21. The van der Waals surface area contributed by atoms with Crippen LogP contribution in [-0.2, 0) is 21.6 Å². The molecule has 0 aliphatic heterocycles. The third kappa shape index (κ3) is 3.42. The van der Waals surface area contributed by atoms with Gasteiger partial charge in [-0.15, -0.1) is 0 Å². The summed E-state index contributed by atoms with van der Waals surface area (Å²) in [5.41, 5.74) is 2.06. The van der Waals surface area contributed by atoms with Crippen LogP contribution in [0, 0.1) is 6.92 Å². The number of carbonyl (C=O) groups excluding carboxylic acids is 1. The Morgan fingerprint density at radius 1 is 1.18 bits per heavy atom. The molecule has 2 aromatic heterocycles. The molecule has 2 heterocycles. The van der Waals surface area contributed by atoms with E-state index in [1.165, 1.54) is 10.5 Å². The molecule has 1 aliphatic carbocycles. The van der Waals surface area contributed by atoms with Crippen molar-refractivity contribution in [1.29, 1.82) is 0 Å². The van der Waals surface area contributed by atoms with Gasteiger partial charge in [0.2, 0.25) is 0 Å². The molecule has 0 spiro atoms. The van der Waals surface area contributed by atoms with E-state index in [1.807, 2.05) is 25.1 Å². The van der Waals surface area contributed by atoms with E-state index in [-0.39, 0.29) is 18.1 Å². The molecule has 4 rings (SSSR count). The lowest BCUT2D eigenvalue weighted by Crippen LogP contribution is -2.34. The quantitative estimate of drug-likeness (QED) is 0.620. The van der Waals surface area contributed by atoms with Crippen LogP contribution in [0.4, 0.5) is 0 Å². The van der Waals surface area contributed by atoms with Crippen LogP contribution in [0.1, 0.15) is 42.5 Å². The molecule has 0 unspecified atom stereocenters. The van der Waals surface area contributed by atoms with Crippen LogP contribution in [0.25, 0.3) is 5.65 Å². The molecule has 1 aromatic carbocycles. The van der Waals surface area contributed by atoms with Gasteiger partial charge >= 0.3 is 5.97 Å². The second kappa shape index (κ2) is 7.40. The SMILES string of the molecule is Cc1ccc2nc(COC(=O)C3(c4ccc(Cl)cc4)CCCC3)cc(=O)n2c1. The number of benzene rings is 1. The third-order valence-corrected chi connectivity index (χ3v) is 5.71. The van der Waals surface area contributed by atoms with Crippen LogP contribution in [-0.4, -0.2) is 15.4 Å². The van der Waals surface area contributed by atoms with E-state index < -0.39 is 5.41 Å². The summed E-state index contributed by atoms with van der Waals surface area (Å²) in [7, 11) is 0. The lowest BCUT2D eigenvalue weighted by atomic mass is 9.79. The molecule has 0 N–H and O–H groups in total. The number of aromatic nitrogens is 2. The van der Waals surface area contributed by atoms with Gasteiger partial charge in [-0.05, 0) is 49.1 Å². The molecule has 3 aromatic rings. The zero-order valence-electron chi connectivity index (χ0n) is 15.7. The summed E-state index contributed by atoms with van der Waals surface area (Å²) >= 11 is 6.00. The second-order valence-corrected chi connectivity index (χ2v) is 7.83. The van der Waals surface area contributed by atoms with Crippen molar-refractivity contribution in [1.82, 2.24) is 9.38 Å². The topological polar surface area (TPSA) is 60.7 Å². The zero-order chi connectivity index (χ0) is 19.7. The Labute approximate surface area is 167 Å². The van der Waals surface area contributed by atoms with Gasteiger partial charge in [0.1, 0.15) is 12.3 Å². The van der Waals surface area contributed by atoms with Gasteiger partial charge in [-0.3, -0.25) is 14.0 Å². The highest BCUT2D eigenvalue weighted by molar-refractivity contribution is 6.30. The summed E-state index contributed by atoms with van der Waals surface area (Å²) in [5, 5.41) is 0.640. The summed E-state index contributed by atoms with van der Waals surface area (Å²) in [6, 6.07) is 12.5. The number of carbonyl (C=O) groups is 1. The summed E-state index contributed by atoms with van der Waals surface area (Å²) in [6.45, 7) is 1.90. The molecular formula is C22H21ClN2O3. The van der Waals surface area contributed by atoms with Gasteiger partial charge in [0, 0.05) is 17.3 Å². The van der Waals surface area contributed by atoms with E-state index >= 15 is 0 Å². The molecule has 0 atom stereocenters. The fraction of sp³-hybridized carbons (Fsp3) is 0.318. The van der Waals surface area contributed by atoms with E-state index in [9.17, 15) is 9.59 Å². The molecule has 28 heavy (non-hydrogen) atoms. The molecule has 1 saturated carbocycles. The van der Waals surface area contributed by atoms with Gasteiger partial charge in [0.15, 0.2) is 0 Å². The van der Waals surface area contributed by atoms with Crippen molar-refractivity contribution in [2.45, 2.75) is 44.6 Å². The number of pyridine rings is 1. The maximum atomic E-state index is 13.1. The monoisotopic (exact) mass is 396 g/mol. The maximum absolute atomic E-state index is 13.1. The minimum atomic E-state index is -0.645. The minimum absolute atomic E-state index is 0.0201. The first-order valence-electron chi connectivity index (χ1n) is 9.40. The molecule has 0 saturated heterocycles. The second-order valence-electron chi connectivity index (χ2n) is 7.39. The Balaban J connectivity index is 1.57. The van der Waals surface area contributed by atoms with Crippen molar-refractivity contribution in [2.75, 3.05) is 0 Å². The molecule has 144 valence electrons. The van der Waals surface area contributed by atoms with E-state index in [0.29, 0.717) is 16.4 Å². The number of esters is 1. The van der Waals surface area contributed by atoms with Crippen molar-refractivity contribution in [3.05, 3.63) is 80.9 Å². The average Bonchev–Trinajstić information content (AvgIpc) is 3.18. The van der Waals surface area contributed by atoms with E-state index in [1.54, 1.807) is 24.4 Å². The van der Waals surface area contributed by atoms with Crippen LogP contribution < -0.4 is 5.56 Å². The number of aryl methyl sites for hydroxylation is 1. The van der Waals surface area contributed by atoms with Crippen molar-refractivity contribution in [3.8, 4) is 0 Å². The van der Waals surface area contributed by atoms with Gasteiger partial charge < -0.3 is 4.74 Å². The number of hydrogen-bond donors (Lipinski definition) is 0. The fourth-order valence-electron chi connectivity index (χ4n) is 3.97. The molecule has 1 fully saturated rings. The number of hydrogen-bond acceptors (Lipinski definition) is 4. The van der Waals surface area contributed by atoms with Crippen LogP contribution >= 0.6 is 11.6 Å². The molecular weight excluding hydrogens is 376 g/mol. The summed E-state index contributed by atoms with van der Waals surface area (Å²) in [4.78, 5) is 29.8. The highest BCUT2D eigenvalue weighted by Gasteiger charge is 2.44. The van der Waals surface area contributed by atoms with Crippen molar-refractivity contribution >= 4 is 23.2 Å². The average molecular weight is 397 g/mol. The smallest absolute Gasteiger partial charge is 0.316 e. The molecule has 6 heteroatoms. The highest BCUT2D eigenvalue weighted by Crippen LogP contribution is 2.42. The Morgan fingerprint density at radius 3 is 2.61 bits per heavy atom. The minimum Gasteiger partial charge on any atom is -0.458 e. The van der Waals surface area contributed by atoms with Crippen LogP contribution in [0.2, 0.25) is 5.02 Å². The van der Waals surface area contributed by atoms with Gasteiger partial charge in [-0.2, -0.15) is 0 Å². The van der Waals surface area contributed by atoms with E-state index in [2.05, 4.69) is 4.98 Å². The van der Waals surface area contributed by atoms with Crippen LogP contribution in [0.15, 0.2) is 53.5 Å². The standard InChI is InChI=1S/C22H21ClN2O3/c1-15-4-9-19-24-18(12-20(26)25(19)13-15)14-28-21(27)22(10-2-3-11-22)16-5-7-17(23)8-6-16/h4-9,12-13H,2-3,10-11,14H2,1H3. The van der Waals surface area contributed by atoms with Crippen LogP contribution in [0.3, 0.4) is 0 Å². The fourth-order valence-corrected chi connectivity index (χ4v) is 4.09. The van der Waals surface area contributed by atoms with E-state index in [0.717, 1.165) is 36.8 Å². The summed E-state index contributed by atoms with van der Waals surface area (Å²) < 4.78 is 7.14. The maximum Gasteiger partial charge on any atom is 0.316 e. The Kier molecular flexibility index (Phi) is 4.94. The Bertz CT molecular complexity index is 1080. The Morgan fingerprint density at radius 2 is 1.89 bits per heavy atom. The molecule has 5 nitrogen and oxygen atoms in total. The number of halogens is 1. The normalized spacial score (nSPS) is 15.6. The Hall–Kier alpha value is -2.66. The first-order chi connectivity index (χ1) is 13.5. The summed E-state index contributed by atoms with van der Waals surface area (Å²) in [6.07, 6.45) is 5.20. The van der Waals surface area contributed by atoms with Crippen molar-refractivity contribution in [2.24, 2.45) is 0 Å². The lowest BCUT2D eigenvalue weighted by molar-refractivity contribution is -0.152. The van der Waals surface area contributed by atoms with Crippen LogP contribution in [0.5, 0.6) is 0 Å². The number of ether oxygens (including phenoxy) is 1. The van der Waals surface area contributed by atoms with E-state index in [4.69, 9.17) is 16.3 Å². The van der Waals surface area contributed by atoms with Crippen molar-refractivity contribution < 1.29 is 9.53 Å². The zero-order valence-corrected chi connectivity index (χ0v) is 16.4. The lowest BCUT2D eigenvalue weighted by Gasteiger charge is -2.27. The largest absolute Gasteiger partial charge is 0.458 e. The molecule has 0 bridgehead atoms. The number of nitrogens with zero attached hydrogens (tertiary/aromatic N) is 2. The number of fused-ring (bicyclic) bond motifs is 1. The first-order valence-corrected chi connectivity index (χ1v) is 9.78. The number of rotatable bonds is 4.